The van der Waals surface area contributed by atoms with Crippen molar-refractivity contribution in [3.8, 4) is 0 Å². The average Bonchev–Trinajstić information content (AvgIpc) is 2.43. The molecule has 1 aromatic carbocycles. The highest BCUT2D eigenvalue weighted by molar-refractivity contribution is 5.86. The number of amides is 1. The maximum Gasteiger partial charge on any atom is 0.227 e. The molecule has 2 atom stereocenters. The normalized spacial score (nSPS) is 19.6. The van der Waals surface area contributed by atoms with Crippen LogP contribution in [0.5, 0.6) is 0 Å². The highest BCUT2D eigenvalue weighted by Crippen LogP contribution is 2.31. The van der Waals surface area contributed by atoms with E-state index in [2.05, 4.69) is 10.6 Å². The van der Waals surface area contributed by atoms with Crippen molar-refractivity contribution in [3.63, 3.8) is 0 Å². The molecule has 0 bridgehead atoms. The van der Waals surface area contributed by atoms with Gasteiger partial charge in [-0.05, 0) is 24.5 Å². The van der Waals surface area contributed by atoms with Gasteiger partial charge in [0.2, 0.25) is 5.91 Å². The number of fused-ring (bicyclic) bond motifs is 1. The number of hydrogen-bond acceptors (Lipinski definition) is 3. The number of anilines is 1. The molecule has 0 fully saturated rings. The van der Waals surface area contributed by atoms with Crippen LogP contribution in [0, 0.1) is 0 Å². The molecule has 1 aromatic rings. The summed E-state index contributed by atoms with van der Waals surface area (Å²) < 4.78 is 0. The number of rotatable bonds is 4. The fourth-order valence-corrected chi connectivity index (χ4v) is 2.23. The second-order valence-electron chi connectivity index (χ2n) is 4.66. The van der Waals surface area contributed by atoms with Crippen molar-refractivity contribution in [2.75, 3.05) is 18.4 Å². The topological polar surface area (TPSA) is 61.4 Å². The van der Waals surface area contributed by atoms with E-state index in [0.717, 1.165) is 24.2 Å². The fraction of sp³-hybridized carbons (Fsp3) is 0.500. The van der Waals surface area contributed by atoms with Gasteiger partial charge in [0.15, 0.2) is 0 Å². The summed E-state index contributed by atoms with van der Waals surface area (Å²) in [5, 5.41) is 15.6. The Balaban J connectivity index is 2.04. The van der Waals surface area contributed by atoms with Crippen LogP contribution in [0.3, 0.4) is 0 Å². The van der Waals surface area contributed by atoms with Crippen molar-refractivity contribution in [2.45, 2.75) is 31.8 Å². The predicted octanol–water partition coefficient (Wildman–Crippen LogP) is 1.47. The lowest BCUT2D eigenvalue weighted by Crippen LogP contribution is -2.37. The van der Waals surface area contributed by atoms with E-state index in [4.69, 9.17) is 0 Å². The summed E-state index contributed by atoms with van der Waals surface area (Å²) in [5.41, 5.74) is 2.09. The van der Waals surface area contributed by atoms with Gasteiger partial charge in [0.25, 0.3) is 0 Å². The minimum atomic E-state index is -0.453. The maximum absolute atomic E-state index is 12.1. The Morgan fingerprint density at radius 1 is 1.56 bits per heavy atom. The standard InChI is InChI=1S/C14H20N2O2/c1-2-10(17)9-16-14(18)12-7-8-15-13-6-4-3-5-11(12)13/h3-6,10,12,15,17H,2,7-9H2,1H3,(H,16,18). The monoisotopic (exact) mass is 248 g/mol. The Labute approximate surface area is 107 Å². The molecule has 0 radical (unpaired) electrons. The lowest BCUT2D eigenvalue weighted by Gasteiger charge is -2.26. The number of nitrogens with one attached hydrogen (secondary N) is 2. The zero-order valence-corrected chi connectivity index (χ0v) is 10.6. The van der Waals surface area contributed by atoms with Crippen molar-refractivity contribution in [1.29, 1.82) is 0 Å². The first-order chi connectivity index (χ1) is 8.72. The SMILES string of the molecule is CCC(O)CNC(=O)C1CCNc2ccccc21. The van der Waals surface area contributed by atoms with Gasteiger partial charge in [-0.2, -0.15) is 0 Å². The first-order valence-corrected chi connectivity index (χ1v) is 6.51. The average molecular weight is 248 g/mol. The second kappa shape index (κ2) is 5.87. The highest BCUT2D eigenvalue weighted by atomic mass is 16.3. The molecule has 98 valence electrons. The Morgan fingerprint density at radius 2 is 2.33 bits per heavy atom. The van der Waals surface area contributed by atoms with Crippen LogP contribution in [-0.2, 0) is 4.79 Å². The molecule has 4 heteroatoms. The third kappa shape index (κ3) is 2.82. The van der Waals surface area contributed by atoms with Crippen LogP contribution in [0.25, 0.3) is 0 Å². The van der Waals surface area contributed by atoms with Crippen LogP contribution in [0.4, 0.5) is 5.69 Å². The van der Waals surface area contributed by atoms with Crippen LogP contribution in [0.2, 0.25) is 0 Å². The van der Waals surface area contributed by atoms with E-state index in [-0.39, 0.29) is 11.8 Å². The van der Waals surface area contributed by atoms with Crippen molar-refractivity contribution in [3.05, 3.63) is 29.8 Å². The van der Waals surface area contributed by atoms with E-state index in [9.17, 15) is 9.90 Å². The molecular formula is C14H20N2O2. The first-order valence-electron chi connectivity index (χ1n) is 6.51. The van der Waals surface area contributed by atoms with Crippen molar-refractivity contribution in [2.24, 2.45) is 0 Å². The minimum absolute atomic E-state index is 0.0106. The fourth-order valence-electron chi connectivity index (χ4n) is 2.23. The molecule has 3 N–H and O–H groups in total. The summed E-state index contributed by atoms with van der Waals surface area (Å²) in [7, 11) is 0. The summed E-state index contributed by atoms with van der Waals surface area (Å²) in [6.07, 6.45) is 1.000. The van der Waals surface area contributed by atoms with E-state index in [1.165, 1.54) is 0 Å². The number of aliphatic hydroxyl groups excluding tert-OH is 1. The van der Waals surface area contributed by atoms with Gasteiger partial charge in [0.1, 0.15) is 0 Å². The van der Waals surface area contributed by atoms with Crippen molar-refractivity contribution >= 4 is 11.6 Å². The Morgan fingerprint density at radius 3 is 3.11 bits per heavy atom. The zero-order valence-electron chi connectivity index (χ0n) is 10.6. The predicted molar refractivity (Wildman–Crippen MR) is 71.6 cm³/mol. The van der Waals surface area contributed by atoms with E-state index < -0.39 is 6.10 Å². The van der Waals surface area contributed by atoms with Gasteiger partial charge in [-0.15, -0.1) is 0 Å². The lowest BCUT2D eigenvalue weighted by atomic mass is 9.90. The first kappa shape index (κ1) is 12.9. The molecule has 0 saturated carbocycles. The third-order valence-electron chi connectivity index (χ3n) is 3.38. The summed E-state index contributed by atoms with van der Waals surface area (Å²) in [4.78, 5) is 12.1. The summed E-state index contributed by atoms with van der Waals surface area (Å²) >= 11 is 0. The summed E-state index contributed by atoms with van der Waals surface area (Å²) in [6.45, 7) is 3.05. The van der Waals surface area contributed by atoms with Crippen LogP contribution >= 0.6 is 0 Å². The summed E-state index contributed by atoms with van der Waals surface area (Å²) in [6, 6.07) is 7.90. The Bertz CT molecular complexity index is 420. The zero-order chi connectivity index (χ0) is 13.0. The second-order valence-corrected chi connectivity index (χ2v) is 4.66. The van der Waals surface area contributed by atoms with Gasteiger partial charge in [-0.1, -0.05) is 25.1 Å². The van der Waals surface area contributed by atoms with Gasteiger partial charge < -0.3 is 15.7 Å². The maximum atomic E-state index is 12.1. The molecule has 0 saturated heterocycles. The van der Waals surface area contributed by atoms with Gasteiger partial charge >= 0.3 is 0 Å². The molecule has 1 aliphatic heterocycles. The molecular weight excluding hydrogens is 228 g/mol. The van der Waals surface area contributed by atoms with E-state index >= 15 is 0 Å². The minimum Gasteiger partial charge on any atom is -0.391 e. The molecule has 1 aliphatic rings. The number of carbonyl (C=O) groups excluding carboxylic acids is 1. The largest absolute Gasteiger partial charge is 0.391 e. The van der Waals surface area contributed by atoms with Crippen molar-refractivity contribution in [1.82, 2.24) is 5.32 Å². The van der Waals surface area contributed by atoms with Gasteiger partial charge in [0, 0.05) is 18.8 Å². The van der Waals surface area contributed by atoms with Gasteiger partial charge in [-0.25, -0.2) is 0 Å². The van der Waals surface area contributed by atoms with Gasteiger partial charge in [0.05, 0.1) is 12.0 Å². The van der Waals surface area contributed by atoms with E-state index in [0.29, 0.717) is 13.0 Å². The molecule has 2 unspecified atom stereocenters. The number of aliphatic hydroxyl groups is 1. The Kier molecular flexibility index (Phi) is 4.20. The molecule has 0 aliphatic carbocycles. The lowest BCUT2D eigenvalue weighted by molar-refractivity contribution is -0.123. The van der Waals surface area contributed by atoms with Crippen molar-refractivity contribution < 1.29 is 9.90 Å². The molecule has 1 amide bonds. The third-order valence-corrected chi connectivity index (χ3v) is 3.38. The van der Waals surface area contributed by atoms with Crippen LogP contribution < -0.4 is 10.6 Å². The molecule has 18 heavy (non-hydrogen) atoms. The molecule has 4 nitrogen and oxygen atoms in total. The molecule has 1 heterocycles. The van der Waals surface area contributed by atoms with Crippen LogP contribution in [0.1, 0.15) is 31.2 Å². The molecule has 0 spiro atoms. The smallest absolute Gasteiger partial charge is 0.227 e. The molecule has 2 rings (SSSR count). The molecule has 0 aromatic heterocycles. The van der Waals surface area contributed by atoms with E-state index in [1.807, 2.05) is 31.2 Å². The van der Waals surface area contributed by atoms with E-state index in [1.54, 1.807) is 0 Å². The van der Waals surface area contributed by atoms with Gasteiger partial charge in [-0.3, -0.25) is 4.79 Å². The van der Waals surface area contributed by atoms with Crippen LogP contribution in [0.15, 0.2) is 24.3 Å². The summed E-state index contributed by atoms with van der Waals surface area (Å²) in [5.74, 6) is -0.0945. The quantitative estimate of drug-likeness (QED) is 0.756. The Hall–Kier alpha value is -1.55. The number of hydrogen-bond donors (Lipinski definition) is 3. The number of para-hydroxylation sites is 1. The number of carbonyl (C=O) groups is 1. The van der Waals surface area contributed by atoms with Crippen LogP contribution in [-0.4, -0.2) is 30.2 Å². The number of benzene rings is 1. The highest BCUT2D eigenvalue weighted by Gasteiger charge is 2.25.